The molecule has 50 heavy (non-hydrogen) atoms. The highest BCUT2D eigenvalue weighted by molar-refractivity contribution is 8.00. The highest BCUT2D eigenvalue weighted by Gasteiger charge is 2.23. The van der Waals surface area contributed by atoms with Gasteiger partial charge in [0, 0.05) is 45.6 Å². The van der Waals surface area contributed by atoms with Crippen LogP contribution in [0.5, 0.6) is 17.2 Å². The Morgan fingerprint density at radius 1 is 0.720 bits per heavy atom. The molecule has 1 atom stereocenters. The zero-order valence-corrected chi connectivity index (χ0v) is 28.7. The predicted molar refractivity (Wildman–Crippen MR) is 198 cm³/mol. The summed E-state index contributed by atoms with van der Waals surface area (Å²) in [6.07, 6.45) is 1.59. The van der Waals surface area contributed by atoms with Crippen LogP contribution in [-0.4, -0.2) is 38.5 Å². The topological polar surface area (TPSA) is 115 Å². The van der Waals surface area contributed by atoms with Crippen LogP contribution < -0.4 is 30.2 Å². The first-order chi connectivity index (χ1) is 24.4. The Morgan fingerprint density at radius 2 is 1.34 bits per heavy atom. The van der Waals surface area contributed by atoms with Gasteiger partial charge in [-0.05, 0) is 61.0 Å². The van der Waals surface area contributed by atoms with Gasteiger partial charge in [0.15, 0.2) is 0 Å². The molecule has 0 aromatic heterocycles. The number of hydrogen-bond acceptors (Lipinski definition) is 7. The number of hydrogen-bond donors (Lipinski definition) is 3. The maximum Gasteiger partial charge on any atom is 0.272 e. The second-order valence-electron chi connectivity index (χ2n) is 10.8. The molecule has 1 unspecified atom stereocenters. The molecule has 0 saturated heterocycles. The molecular formula is C40H37N3O6S. The third-order valence-corrected chi connectivity index (χ3v) is 8.64. The maximum absolute atomic E-state index is 13.7. The first-order valence-corrected chi connectivity index (χ1v) is 16.7. The van der Waals surface area contributed by atoms with Gasteiger partial charge in [0.2, 0.25) is 5.91 Å². The van der Waals surface area contributed by atoms with Crippen LogP contribution in [0.15, 0.2) is 138 Å². The largest absolute Gasteiger partial charge is 0.497 e. The number of amides is 3. The minimum absolute atomic E-state index is 0.0412. The zero-order chi connectivity index (χ0) is 35.3. The number of carbonyl (C=O) groups excluding carboxylic acids is 3. The van der Waals surface area contributed by atoms with Gasteiger partial charge in [-0.1, -0.05) is 66.7 Å². The van der Waals surface area contributed by atoms with Crippen LogP contribution >= 0.6 is 11.8 Å². The van der Waals surface area contributed by atoms with Crippen LogP contribution in [-0.2, 0) is 9.59 Å². The highest BCUT2D eigenvalue weighted by atomic mass is 32.2. The summed E-state index contributed by atoms with van der Waals surface area (Å²) in [6.45, 7) is 2.31. The molecule has 5 aromatic carbocycles. The summed E-state index contributed by atoms with van der Waals surface area (Å²) in [7, 11) is 3.10. The standard InChI is InChI=1S/C40H37N3O6S/c1-4-49-36-18-12-11-17-29(36)23-35(43-38(44)28-15-9-6-10-16-28)39(45)41-30-19-21-34(22-20-30)50-37(27-13-7-5-8-14-27)40(46)42-31-24-32(47-2)26-33(25-31)48-3/h5-26,37H,4H2,1-3H3,(H,41,45)(H,42,46)(H,43,44)/b35-23-. The molecule has 0 saturated carbocycles. The fraction of sp³-hybridized carbons (Fsp3) is 0.125. The number of nitrogens with one attached hydrogen (secondary N) is 3. The fourth-order valence-corrected chi connectivity index (χ4v) is 5.95. The number of anilines is 2. The van der Waals surface area contributed by atoms with Crippen molar-refractivity contribution in [3.8, 4) is 17.2 Å². The van der Waals surface area contributed by atoms with Crippen LogP contribution in [0.3, 0.4) is 0 Å². The quantitative estimate of drug-likeness (QED) is 0.0801. The number of carbonyl (C=O) groups is 3. The molecule has 0 aliphatic heterocycles. The average Bonchev–Trinajstić information content (AvgIpc) is 3.15. The second-order valence-corrected chi connectivity index (χ2v) is 12.0. The summed E-state index contributed by atoms with van der Waals surface area (Å²) < 4.78 is 16.5. The first kappa shape index (κ1) is 35.3. The minimum atomic E-state index is -0.595. The van der Waals surface area contributed by atoms with E-state index in [1.807, 2.05) is 73.7 Å². The molecule has 0 aliphatic carbocycles. The molecule has 0 fully saturated rings. The lowest BCUT2D eigenvalue weighted by Gasteiger charge is -2.18. The van der Waals surface area contributed by atoms with E-state index in [1.54, 1.807) is 81.0 Å². The van der Waals surface area contributed by atoms with E-state index in [4.69, 9.17) is 14.2 Å². The first-order valence-electron chi connectivity index (χ1n) is 15.8. The van der Waals surface area contributed by atoms with Crippen molar-refractivity contribution in [1.82, 2.24) is 5.32 Å². The summed E-state index contributed by atoms with van der Waals surface area (Å²) in [5.74, 6) is 0.513. The molecule has 3 amide bonds. The Labute approximate surface area is 295 Å². The Hall–Kier alpha value is -6.00. The number of para-hydroxylation sites is 1. The van der Waals surface area contributed by atoms with Gasteiger partial charge >= 0.3 is 0 Å². The van der Waals surface area contributed by atoms with Crippen molar-refractivity contribution < 1.29 is 28.6 Å². The summed E-state index contributed by atoms with van der Waals surface area (Å²) in [5.41, 5.74) is 2.95. The molecule has 254 valence electrons. The summed E-state index contributed by atoms with van der Waals surface area (Å²) in [5, 5.41) is 8.05. The number of thioether (sulfide) groups is 1. The molecule has 0 bridgehead atoms. The lowest BCUT2D eigenvalue weighted by molar-refractivity contribution is -0.116. The van der Waals surface area contributed by atoms with Crippen LogP contribution in [0.25, 0.3) is 6.08 Å². The van der Waals surface area contributed by atoms with E-state index >= 15 is 0 Å². The highest BCUT2D eigenvalue weighted by Crippen LogP contribution is 2.37. The lowest BCUT2D eigenvalue weighted by Crippen LogP contribution is -2.30. The van der Waals surface area contributed by atoms with Gasteiger partial charge in [-0.3, -0.25) is 14.4 Å². The van der Waals surface area contributed by atoms with Gasteiger partial charge in [-0.15, -0.1) is 11.8 Å². The summed E-state index contributed by atoms with van der Waals surface area (Å²) in [6, 6.07) is 37.8. The Kier molecular flexibility index (Phi) is 12.3. The monoisotopic (exact) mass is 687 g/mol. The number of rotatable bonds is 14. The van der Waals surface area contributed by atoms with Gasteiger partial charge in [0.1, 0.15) is 28.2 Å². The van der Waals surface area contributed by atoms with Gasteiger partial charge in [-0.25, -0.2) is 0 Å². The molecule has 3 N–H and O–H groups in total. The molecule has 0 radical (unpaired) electrons. The molecular weight excluding hydrogens is 651 g/mol. The Morgan fingerprint density at radius 3 is 1.98 bits per heavy atom. The van der Waals surface area contributed by atoms with E-state index in [1.165, 1.54) is 11.8 Å². The van der Waals surface area contributed by atoms with Crippen molar-refractivity contribution in [2.75, 3.05) is 31.5 Å². The van der Waals surface area contributed by atoms with Crippen molar-refractivity contribution >= 4 is 46.9 Å². The Bertz CT molecular complexity index is 1930. The lowest BCUT2D eigenvalue weighted by atomic mass is 10.1. The molecule has 5 aromatic rings. The van der Waals surface area contributed by atoms with E-state index in [2.05, 4.69) is 16.0 Å². The van der Waals surface area contributed by atoms with Crippen LogP contribution in [0.4, 0.5) is 11.4 Å². The number of ether oxygens (including phenoxy) is 3. The zero-order valence-electron chi connectivity index (χ0n) is 27.8. The van der Waals surface area contributed by atoms with Crippen molar-refractivity contribution in [3.63, 3.8) is 0 Å². The van der Waals surface area contributed by atoms with Gasteiger partial charge in [-0.2, -0.15) is 0 Å². The predicted octanol–water partition coefficient (Wildman–Crippen LogP) is 7.98. The van der Waals surface area contributed by atoms with Crippen molar-refractivity contribution in [2.45, 2.75) is 17.1 Å². The molecule has 9 nitrogen and oxygen atoms in total. The van der Waals surface area contributed by atoms with Crippen molar-refractivity contribution in [2.24, 2.45) is 0 Å². The van der Waals surface area contributed by atoms with Crippen LogP contribution in [0, 0.1) is 0 Å². The second kappa shape index (κ2) is 17.4. The molecule has 5 rings (SSSR count). The fourth-order valence-electron chi connectivity index (χ4n) is 4.92. The van der Waals surface area contributed by atoms with Crippen molar-refractivity contribution in [3.05, 3.63) is 150 Å². The van der Waals surface area contributed by atoms with Gasteiger partial charge in [0.05, 0.1) is 20.8 Å². The molecule has 0 aliphatic rings. The smallest absolute Gasteiger partial charge is 0.272 e. The normalized spacial score (nSPS) is 11.5. The third-order valence-electron chi connectivity index (χ3n) is 7.37. The number of benzene rings is 5. The average molecular weight is 688 g/mol. The van der Waals surface area contributed by atoms with E-state index in [0.29, 0.717) is 46.4 Å². The van der Waals surface area contributed by atoms with Crippen LogP contribution in [0.1, 0.15) is 33.7 Å². The van der Waals surface area contributed by atoms with E-state index < -0.39 is 17.1 Å². The maximum atomic E-state index is 13.7. The van der Waals surface area contributed by atoms with Gasteiger partial charge < -0.3 is 30.2 Å². The van der Waals surface area contributed by atoms with E-state index in [0.717, 1.165) is 10.5 Å². The number of methoxy groups -OCH3 is 2. The van der Waals surface area contributed by atoms with Crippen molar-refractivity contribution in [1.29, 1.82) is 0 Å². The molecule has 0 spiro atoms. The summed E-state index contributed by atoms with van der Waals surface area (Å²) in [4.78, 5) is 41.2. The molecule has 0 heterocycles. The van der Waals surface area contributed by atoms with Crippen LogP contribution in [0.2, 0.25) is 0 Å². The molecule has 10 heteroatoms. The van der Waals surface area contributed by atoms with Gasteiger partial charge in [0.25, 0.3) is 11.8 Å². The minimum Gasteiger partial charge on any atom is -0.497 e. The third kappa shape index (κ3) is 9.55. The van der Waals surface area contributed by atoms with E-state index in [-0.39, 0.29) is 11.6 Å². The van der Waals surface area contributed by atoms with E-state index in [9.17, 15) is 14.4 Å². The summed E-state index contributed by atoms with van der Waals surface area (Å²) >= 11 is 1.37. The Balaban J connectivity index is 1.35. The SMILES string of the molecule is CCOc1ccccc1/C=C(\NC(=O)c1ccccc1)C(=O)Nc1ccc(SC(C(=O)Nc2cc(OC)cc(OC)c2)c2ccccc2)cc1.